The van der Waals surface area contributed by atoms with Crippen LogP contribution in [0.2, 0.25) is 0 Å². The fourth-order valence-corrected chi connectivity index (χ4v) is 7.30. The number of rotatable bonds is 39. The fraction of sp³-hybridized carbons (Fsp3) is 0.632. The average Bonchev–Trinajstić information content (AvgIpc) is 3.37. The van der Waals surface area contributed by atoms with Gasteiger partial charge in [-0.05, 0) is 89.9 Å². The predicted molar refractivity (Wildman–Crippen MR) is 279 cm³/mol. The van der Waals surface area contributed by atoms with Crippen LogP contribution in [-0.2, 0) is 33.2 Å². The molecule has 0 aromatic rings. The van der Waals surface area contributed by atoms with Gasteiger partial charge in [-0.3, -0.25) is 4.79 Å². The Labute approximate surface area is 425 Å². The van der Waals surface area contributed by atoms with Crippen LogP contribution in [-0.4, -0.2) is 142 Å². The molecule has 0 spiro atoms. The number of ether oxygens (including phenoxy) is 6. The topological polar surface area (TPSA) is 214 Å². The molecule has 0 aromatic heterocycles. The second kappa shape index (κ2) is 42.9. The molecule has 11 atom stereocenters. The van der Waals surface area contributed by atoms with Crippen molar-refractivity contribution in [1.82, 2.24) is 0 Å². The van der Waals surface area contributed by atoms with Crippen LogP contribution in [0.4, 0.5) is 0 Å². The standard InChI is InChI=1S/C57H90O14/c1-3-5-7-9-11-13-15-17-18-19-20-21-22-23-24-25-26-27-29-31-33-35-37-39-41-66-43-46(69-49(59)40-38-36-34-32-30-28-16-14-12-10-8-6-4-2)44-67-56-55(65)53(63)51(61)48(71-56)45-68-57-54(64)52(62)50(60)47(42-58)70-57/h5-8,11-14,17-18,20-21,23-24,26-28,30,34,36,46-48,50-58,60-65H,3-4,9-10,15-16,19,22,25,29,31-33,35,37-45H2,1-2H3/b7-5-,8-6-,13-11-,14-12-,18-17-,21-20-,24-23-,27-26-,30-28-,36-34-. The predicted octanol–water partition coefficient (Wildman–Crippen LogP) is 8.18. The maximum Gasteiger partial charge on any atom is 0.306 e. The molecule has 402 valence electrons. The van der Waals surface area contributed by atoms with Gasteiger partial charge in [0.15, 0.2) is 12.6 Å². The Hall–Kier alpha value is -3.61. The second-order valence-corrected chi connectivity index (χ2v) is 17.6. The summed E-state index contributed by atoms with van der Waals surface area (Å²) in [5.74, 6) is -0.470. The Kier molecular flexibility index (Phi) is 38.3. The zero-order chi connectivity index (χ0) is 51.6. The van der Waals surface area contributed by atoms with Crippen molar-refractivity contribution in [3.63, 3.8) is 0 Å². The Balaban J connectivity index is 1.77. The van der Waals surface area contributed by atoms with Crippen molar-refractivity contribution in [2.24, 2.45) is 0 Å². The summed E-state index contributed by atoms with van der Waals surface area (Å²) in [6, 6.07) is 0. The lowest BCUT2D eigenvalue weighted by atomic mass is 9.98. The quantitative estimate of drug-likeness (QED) is 0.0176. The van der Waals surface area contributed by atoms with E-state index >= 15 is 0 Å². The third-order valence-electron chi connectivity index (χ3n) is 11.5. The van der Waals surface area contributed by atoms with E-state index < -0.39 is 86.7 Å². The van der Waals surface area contributed by atoms with Crippen LogP contribution in [0.3, 0.4) is 0 Å². The van der Waals surface area contributed by atoms with Crippen LogP contribution in [0.1, 0.15) is 129 Å². The first-order valence-corrected chi connectivity index (χ1v) is 26.1. The molecule has 0 radical (unpaired) electrons. The Morgan fingerprint density at radius 3 is 1.37 bits per heavy atom. The molecule has 14 nitrogen and oxygen atoms in total. The van der Waals surface area contributed by atoms with E-state index in [1.54, 1.807) is 0 Å². The number of hydrogen-bond donors (Lipinski definition) is 7. The molecule has 71 heavy (non-hydrogen) atoms. The zero-order valence-corrected chi connectivity index (χ0v) is 42.6. The largest absolute Gasteiger partial charge is 0.457 e. The van der Waals surface area contributed by atoms with E-state index in [1.807, 2.05) is 12.2 Å². The molecule has 0 amide bonds. The monoisotopic (exact) mass is 999 g/mol. The fourth-order valence-electron chi connectivity index (χ4n) is 7.30. The van der Waals surface area contributed by atoms with Gasteiger partial charge in [0.1, 0.15) is 54.9 Å². The van der Waals surface area contributed by atoms with E-state index in [4.69, 9.17) is 28.4 Å². The summed E-state index contributed by atoms with van der Waals surface area (Å²) in [5, 5.41) is 72.1. The van der Waals surface area contributed by atoms with Crippen LogP contribution < -0.4 is 0 Å². The van der Waals surface area contributed by atoms with Crippen molar-refractivity contribution < 1.29 is 69.0 Å². The summed E-state index contributed by atoms with van der Waals surface area (Å²) < 4.78 is 34.1. The lowest BCUT2D eigenvalue weighted by Crippen LogP contribution is -2.61. The molecule has 0 bridgehead atoms. The van der Waals surface area contributed by atoms with Gasteiger partial charge in [-0.25, -0.2) is 0 Å². The molecule has 2 aliphatic heterocycles. The van der Waals surface area contributed by atoms with Gasteiger partial charge < -0.3 is 64.2 Å². The number of aliphatic hydroxyl groups excluding tert-OH is 7. The van der Waals surface area contributed by atoms with Crippen molar-refractivity contribution in [2.75, 3.05) is 33.0 Å². The second-order valence-electron chi connectivity index (χ2n) is 17.6. The van der Waals surface area contributed by atoms with Crippen molar-refractivity contribution in [1.29, 1.82) is 0 Å². The number of unbranched alkanes of at least 4 members (excludes halogenated alkanes) is 5. The maximum atomic E-state index is 13.0. The van der Waals surface area contributed by atoms with E-state index in [2.05, 4.69) is 123 Å². The lowest BCUT2D eigenvalue weighted by molar-refractivity contribution is -0.332. The Bertz CT molecular complexity index is 1630. The molecule has 7 N–H and O–H groups in total. The molecule has 0 aromatic carbocycles. The van der Waals surface area contributed by atoms with Crippen molar-refractivity contribution in [3.8, 4) is 0 Å². The van der Waals surface area contributed by atoms with Crippen LogP contribution in [0, 0.1) is 0 Å². The summed E-state index contributed by atoms with van der Waals surface area (Å²) >= 11 is 0. The number of hydrogen-bond acceptors (Lipinski definition) is 14. The van der Waals surface area contributed by atoms with Gasteiger partial charge >= 0.3 is 5.97 Å². The van der Waals surface area contributed by atoms with Crippen LogP contribution in [0.25, 0.3) is 0 Å². The van der Waals surface area contributed by atoms with E-state index in [0.717, 1.165) is 103 Å². The number of aliphatic hydroxyl groups is 7. The van der Waals surface area contributed by atoms with Gasteiger partial charge in [-0.15, -0.1) is 0 Å². The SMILES string of the molecule is CC/C=C\C/C=C\C/C=C\C/C=C\C/C=C\C/C=C\CCCCCCCOCC(COC1OC(COC2OC(CO)C(O)C(O)C2O)C(O)C(O)C1O)OC(=O)CC/C=C\C/C=C\C/C=C\C/C=C\CC. The highest BCUT2D eigenvalue weighted by Gasteiger charge is 2.47. The Morgan fingerprint density at radius 1 is 0.465 bits per heavy atom. The van der Waals surface area contributed by atoms with E-state index in [1.165, 1.54) is 0 Å². The van der Waals surface area contributed by atoms with Gasteiger partial charge in [0.25, 0.3) is 0 Å². The minimum Gasteiger partial charge on any atom is -0.457 e. The third kappa shape index (κ3) is 30.3. The van der Waals surface area contributed by atoms with Crippen LogP contribution >= 0.6 is 0 Å². The van der Waals surface area contributed by atoms with Gasteiger partial charge in [0, 0.05) is 13.0 Å². The molecule has 2 saturated heterocycles. The Morgan fingerprint density at radius 2 is 0.873 bits per heavy atom. The van der Waals surface area contributed by atoms with Crippen molar-refractivity contribution in [3.05, 3.63) is 122 Å². The van der Waals surface area contributed by atoms with E-state index in [0.29, 0.717) is 13.0 Å². The summed E-state index contributed by atoms with van der Waals surface area (Å²) in [6.07, 6.45) is 42.8. The summed E-state index contributed by atoms with van der Waals surface area (Å²) in [7, 11) is 0. The molecule has 11 unspecified atom stereocenters. The highest BCUT2D eigenvalue weighted by molar-refractivity contribution is 5.69. The smallest absolute Gasteiger partial charge is 0.306 e. The first-order valence-electron chi connectivity index (χ1n) is 26.1. The highest BCUT2D eigenvalue weighted by Crippen LogP contribution is 2.26. The number of allylic oxidation sites excluding steroid dienone is 20. The minimum atomic E-state index is -1.73. The maximum absolute atomic E-state index is 13.0. The molecular formula is C57H90O14. The lowest BCUT2D eigenvalue weighted by Gasteiger charge is -2.42. The van der Waals surface area contributed by atoms with Gasteiger partial charge in [0.2, 0.25) is 0 Å². The van der Waals surface area contributed by atoms with Crippen LogP contribution in [0.15, 0.2) is 122 Å². The van der Waals surface area contributed by atoms with E-state index in [9.17, 15) is 40.5 Å². The molecular weight excluding hydrogens is 909 g/mol. The average molecular weight is 999 g/mol. The summed E-state index contributed by atoms with van der Waals surface area (Å²) in [6.45, 7) is 3.26. The third-order valence-corrected chi connectivity index (χ3v) is 11.5. The minimum absolute atomic E-state index is 0.00996. The summed E-state index contributed by atoms with van der Waals surface area (Å²) in [5.41, 5.74) is 0. The van der Waals surface area contributed by atoms with Crippen molar-refractivity contribution in [2.45, 2.75) is 197 Å². The zero-order valence-electron chi connectivity index (χ0n) is 42.6. The molecule has 2 rings (SSSR count). The van der Waals surface area contributed by atoms with Crippen molar-refractivity contribution >= 4 is 5.97 Å². The molecule has 0 saturated carbocycles. The molecule has 2 aliphatic rings. The normalized spacial score (nSPS) is 26.3. The number of carbonyl (C=O) groups excluding carboxylic acids is 1. The first kappa shape index (κ1) is 63.5. The summed E-state index contributed by atoms with van der Waals surface area (Å²) in [4.78, 5) is 13.0. The number of esters is 1. The molecule has 2 fully saturated rings. The van der Waals surface area contributed by atoms with E-state index in [-0.39, 0.29) is 19.6 Å². The highest BCUT2D eigenvalue weighted by atomic mass is 16.7. The van der Waals surface area contributed by atoms with Crippen LogP contribution in [0.5, 0.6) is 0 Å². The molecule has 2 heterocycles. The molecule has 14 heteroatoms. The first-order chi connectivity index (χ1) is 34.6. The molecule has 0 aliphatic carbocycles. The van der Waals surface area contributed by atoms with Gasteiger partial charge in [-0.2, -0.15) is 0 Å². The van der Waals surface area contributed by atoms with Gasteiger partial charge in [-0.1, -0.05) is 155 Å². The number of carbonyl (C=O) groups is 1. The van der Waals surface area contributed by atoms with Gasteiger partial charge in [0.05, 0.1) is 26.4 Å².